The number of hydrogen-bond acceptors (Lipinski definition) is 12. The number of carbonyl (C=O) groups excluding carboxylic acids is 2. The van der Waals surface area contributed by atoms with Crippen molar-refractivity contribution in [1.82, 2.24) is 9.88 Å². The quantitative estimate of drug-likeness (QED) is 0.214. The largest absolute Gasteiger partial charge is 0.497 e. The normalized spacial score (nSPS) is 20.3. The lowest BCUT2D eigenvalue weighted by atomic mass is 9.89. The maximum Gasteiger partial charge on any atom is 0.414 e. The highest BCUT2D eigenvalue weighted by Crippen LogP contribution is 2.40. The molecule has 15 nitrogen and oxygen atoms in total. The molecular formula is C37H42N4O11S. The van der Waals surface area contributed by atoms with Gasteiger partial charge in [-0.05, 0) is 92.0 Å². The molecule has 16 heteroatoms. The predicted molar refractivity (Wildman–Crippen MR) is 195 cm³/mol. The smallest absolute Gasteiger partial charge is 0.414 e. The number of cyclic esters (lactones) is 2. The van der Waals surface area contributed by atoms with Crippen LogP contribution in [0.2, 0.25) is 0 Å². The number of anilines is 2. The third-order valence-corrected chi connectivity index (χ3v) is 10.2. The van der Waals surface area contributed by atoms with E-state index in [9.17, 15) is 18.0 Å². The van der Waals surface area contributed by atoms with Crippen LogP contribution in [-0.4, -0.2) is 109 Å². The van der Waals surface area contributed by atoms with Crippen molar-refractivity contribution in [1.29, 1.82) is 0 Å². The third kappa shape index (κ3) is 8.40. The topological polar surface area (TPSA) is 158 Å². The molecule has 3 saturated heterocycles. The maximum absolute atomic E-state index is 12.4. The average Bonchev–Trinajstić information content (AvgIpc) is 3.96. The zero-order valence-corrected chi connectivity index (χ0v) is 30.5. The minimum Gasteiger partial charge on any atom is -0.497 e. The summed E-state index contributed by atoms with van der Waals surface area (Å²) in [6, 6.07) is 18.5. The first kappa shape index (κ1) is 36.2. The molecule has 1 N–H and O–H groups in total. The summed E-state index contributed by atoms with van der Waals surface area (Å²) in [4.78, 5) is 33.1. The van der Waals surface area contributed by atoms with Gasteiger partial charge in [-0.15, -0.1) is 0 Å². The van der Waals surface area contributed by atoms with E-state index < -0.39 is 22.3 Å². The van der Waals surface area contributed by atoms with Crippen LogP contribution in [0.25, 0.3) is 10.9 Å². The first-order chi connectivity index (χ1) is 25.6. The molecule has 2 atom stereocenters. The van der Waals surface area contributed by atoms with Gasteiger partial charge in [0.15, 0.2) is 11.5 Å². The van der Waals surface area contributed by atoms with E-state index in [1.165, 1.54) is 15.8 Å². The van der Waals surface area contributed by atoms with Gasteiger partial charge in [0, 0.05) is 41.1 Å². The van der Waals surface area contributed by atoms with Crippen molar-refractivity contribution in [2.75, 3.05) is 76.4 Å². The van der Waals surface area contributed by atoms with Crippen LogP contribution in [0, 0.1) is 0 Å². The molecule has 0 aliphatic carbocycles. The van der Waals surface area contributed by atoms with Crippen LogP contribution < -0.4 is 28.7 Å². The Morgan fingerprint density at radius 1 is 0.792 bits per heavy atom. The summed E-state index contributed by atoms with van der Waals surface area (Å²) in [6.45, 7) is 3.64. The van der Waals surface area contributed by atoms with Crippen LogP contribution in [0.4, 0.5) is 21.0 Å². The standard InChI is InChI=1S/C25H27N3O5.C12H15NO6S/c1-30-18-4-2-17(3-5-18)28-14-19(33-25(28)29)13-27-8-6-16(7-9-27)21-12-26-22-11-24-23(10-20(21)22)31-15-32-24;1-17-10-5-3-9(4-6-10)13-7-11(19-12(13)14)8-18-20(2,15)16/h2-5,10-12,16,19,26H,6-9,13-15H2,1H3;3-6,11H,7-8H2,1-2H3/t19-;11-/m00/s1. The third-order valence-electron chi connectivity index (χ3n) is 9.68. The lowest BCUT2D eigenvalue weighted by Gasteiger charge is -2.32. The summed E-state index contributed by atoms with van der Waals surface area (Å²) in [5.41, 5.74) is 3.92. The minimum atomic E-state index is -3.55. The number of likely N-dealkylation sites (tertiary alicyclic amines) is 1. The number of benzene rings is 3. The van der Waals surface area contributed by atoms with Gasteiger partial charge in [-0.3, -0.25) is 18.9 Å². The fraction of sp³-hybridized carbons (Fsp3) is 0.405. The molecule has 2 amide bonds. The molecule has 0 saturated carbocycles. The molecule has 1 aromatic heterocycles. The number of amides is 2. The second kappa shape index (κ2) is 15.4. The molecule has 5 heterocycles. The molecule has 0 spiro atoms. The number of piperidine rings is 1. The molecule has 282 valence electrons. The molecule has 4 aliphatic heterocycles. The number of ether oxygens (including phenoxy) is 6. The zero-order valence-electron chi connectivity index (χ0n) is 29.7. The number of fused-ring (bicyclic) bond motifs is 2. The second-order valence-electron chi connectivity index (χ2n) is 13.2. The Morgan fingerprint density at radius 2 is 1.34 bits per heavy atom. The number of aromatic nitrogens is 1. The van der Waals surface area contributed by atoms with E-state index in [-0.39, 0.29) is 32.1 Å². The second-order valence-corrected chi connectivity index (χ2v) is 14.8. The SMILES string of the molecule is COc1ccc(N2C[C@@H](COS(C)(=O)=O)OC2=O)cc1.COc1ccc(N2C[C@H](CN3CCC(c4c[nH]c5cc6c(cc45)OCO6)CC3)OC2=O)cc1. The monoisotopic (exact) mass is 750 g/mol. The van der Waals surface area contributed by atoms with E-state index in [4.69, 9.17) is 28.4 Å². The van der Waals surface area contributed by atoms with Crippen molar-refractivity contribution in [3.8, 4) is 23.0 Å². The average molecular weight is 751 g/mol. The highest BCUT2D eigenvalue weighted by Gasteiger charge is 2.35. The number of methoxy groups -OCH3 is 2. The van der Waals surface area contributed by atoms with Crippen LogP contribution in [-0.2, 0) is 23.8 Å². The van der Waals surface area contributed by atoms with Gasteiger partial charge in [-0.2, -0.15) is 8.42 Å². The lowest BCUT2D eigenvalue weighted by molar-refractivity contribution is 0.0976. The number of carbonyl (C=O) groups is 2. The molecule has 3 fully saturated rings. The predicted octanol–water partition coefficient (Wildman–Crippen LogP) is 5.11. The van der Waals surface area contributed by atoms with E-state index >= 15 is 0 Å². The number of nitrogens with zero attached hydrogens (tertiary/aromatic N) is 3. The molecule has 4 aromatic rings. The summed E-state index contributed by atoms with van der Waals surface area (Å²) in [5.74, 6) is 3.58. The molecule has 4 aliphatic rings. The van der Waals surface area contributed by atoms with Crippen molar-refractivity contribution in [2.24, 2.45) is 0 Å². The molecule has 0 bridgehead atoms. The van der Waals surface area contributed by atoms with Crippen LogP contribution >= 0.6 is 0 Å². The summed E-state index contributed by atoms with van der Waals surface area (Å²) in [6.07, 6.45) is 3.68. The number of aromatic amines is 1. The van der Waals surface area contributed by atoms with Gasteiger partial charge >= 0.3 is 12.2 Å². The number of H-pyrrole nitrogens is 1. The summed E-state index contributed by atoms with van der Waals surface area (Å²) < 4.78 is 58.5. The first-order valence-electron chi connectivity index (χ1n) is 17.3. The Balaban J connectivity index is 0.000000187. The van der Waals surface area contributed by atoms with E-state index in [0.29, 0.717) is 23.9 Å². The fourth-order valence-electron chi connectivity index (χ4n) is 6.96. The highest BCUT2D eigenvalue weighted by atomic mass is 32.2. The summed E-state index contributed by atoms with van der Waals surface area (Å²) in [5, 5.41) is 1.22. The van der Waals surface area contributed by atoms with Crippen LogP contribution in [0.15, 0.2) is 66.9 Å². The molecule has 53 heavy (non-hydrogen) atoms. The molecular weight excluding hydrogens is 708 g/mol. The Labute approximate surface area is 307 Å². The minimum absolute atomic E-state index is 0.121. The molecule has 8 rings (SSSR count). The Bertz CT molecular complexity index is 2030. The maximum atomic E-state index is 12.4. The first-order valence-corrected chi connectivity index (χ1v) is 19.1. The van der Waals surface area contributed by atoms with Crippen molar-refractivity contribution in [2.45, 2.75) is 31.0 Å². The van der Waals surface area contributed by atoms with Gasteiger partial charge in [0.2, 0.25) is 6.79 Å². The van der Waals surface area contributed by atoms with Gasteiger partial charge in [-0.25, -0.2) is 9.59 Å². The van der Waals surface area contributed by atoms with Crippen molar-refractivity contribution < 1.29 is 50.6 Å². The van der Waals surface area contributed by atoms with E-state index in [1.54, 1.807) is 43.4 Å². The number of rotatable bonds is 10. The molecule has 3 aromatic carbocycles. The van der Waals surface area contributed by atoms with Crippen molar-refractivity contribution in [3.63, 3.8) is 0 Å². The summed E-state index contributed by atoms with van der Waals surface area (Å²) >= 11 is 0. The van der Waals surface area contributed by atoms with Gasteiger partial charge in [0.25, 0.3) is 10.1 Å². The van der Waals surface area contributed by atoms with Gasteiger partial charge in [0.05, 0.1) is 33.6 Å². The zero-order chi connectivity index (χ0) is 37.1. The summed E-state index contributed by atoms with van der Waals surface area (Å²) in [7, 11) is -0.362. The molecule has 0 unspecified atom stereocenters. The van der Waals surface area contributed by atoms with Crippen LogP contribution in [0.5, 0.6) is 23.0 Å². The number of hydrogen-bond donors (Lipinski definition) is 1. The number of nitrogens with one attached hydrogen (secondary N) is 1. The van der Waals surface area contributed by atoms with E-state index in [2.05, 4.69) is 26.3 Å². The van der Waals surface area contributed by atoms with Crippen molar-refractivity contribution >= 4 is 44.6 Å². The van der Waals surface area contributed by atoms with E-state index in [1.807, 2.05) is 30.3 Å². The Hall–Kier alpha value is -5.19. The van der Waals surface area contributed by atoms with Gasteiger partial charge < -0.3 is 33.4 Å². The van der Waals surface area contributed by atoms with Crippen molar-refractivity contribution in [3.05, 3.63) is 72.4 Å². The molecule has 0 radical (unpaired) electrons. The van der Waals surface area contributed by atoms with Gasteiger partial charge in [-0.1, -0.05) is 0 Å². The van der Waals surface area contributed by atoms with E-state index in [0.717, 1.165) is 67.2 Å². The fourth-order valence-corrected chi connectivity index (χ4v) is 7.36. The Morgan fingerprint density at radius 3 is 1.91 bits per heavy atom. The highest BCUT2D eigenvalue weighted by molar-refractivity contribution is 7.85. The van der Waals surface area contributed by atoms with Crippen LogP contribution in [0.3, 0.4) is 0 Å². The Kier molecular flexibility index (Phi) is 10.5. The van der Waals surface area contributed by atoms with Crippen LogP contribution in [0.1, 0.15) is 24.3 Å². The lowest BCUT2D eigenvalue weighted by Crippen LogP contribution is -2.39. The van der Waals surface area contributed by atoms with Gasteiger partial charge in [0.1, 0.15) is 30.3 Å².